The average Bonchev–Trinajstić information content (AvgIpc) is 2.82. The van der Waals surface area contributed by atoms with Gasteiger partial charge in [-0.25, -0.2) is 9.18 Å². The van der Waals surface area contributed by atoms with Gasteiger partial charge in [0.05, 0.1) is 5.57 Å². The van der Waals surface area contributed by atoms with Gasteiger partial charge in [0, 0.05) is 5.56 Å². The van der Waals surface area contributed by atoms with Gasteiger partial charge >= 0.3 is 5.97 Å². The van der Waals surface area contributed by atoms with Crippen molar-refractivity contribution in [3.63, 3.8) is 0 Å². The number of benzene rings is 2. The van der Waals surface area contributed by atoms with Crippen LogP contribution in [0.4, 0.5) is 4.39 Å². The highest BCUT2D eigenvalue weighted by molar-refractivity contribution is 6.05. The first kappa shape index (κ1) is 12.4. The first-order chi connectivity index (χ1) is 9.72. The lowest BCUT2D eigenvalue weighted by atomic mass is 10.1. The van der Waals surface area contributed by atoms with Crippen LogP contribution in [0.5, 0.6) is 0 Å². The molecule has 3 heteroatoms. The molecule has 98 valence electrons. The Kier molecular flexibility index (Phi) is 3.17. The summed E-state index contributed by atoms with van der Waals surface area (Å²) in [6.07, 6.45) is 3.43. The van der Waals surface area contributed by atoms with E-state index < -0.39 is 5.97 Å². The minimum absolute atomic E-state index is 0.321. The van der Waals surface area contributed by atoms with E-state index in [-0.39, 0.29) is 5.82 Å². The van der Waals surface area contributed by atoms with E-state index in [1.165, 1.54) is 12.1 Å². The predicted molar refractivity (Wildman–Crippen MR) is 74.9 cm³/mol. The minimum Gasteiger partial charge on any atom is -0.422 e. The van der Waals surface area contributed by atoms with Crippen molar-refractivity contribution in [1.29, 1.82) is 0 Å². The molecule has 0 N–H and O–H groups in total. The van der Waals surface area contributed by atoms with Crippen molar-refractivity contribution in [2.45, 2.75) is 0 Å². The summed E-state index contributed by atoms with van der Waals surface area (Å²) >= 11 is 0. The van der Waals surface area contributed by atoms with E-state index in [0.717, 1.165) is 5.56 Å². The smallest absolute Gasteiger partial charge is 0.343 e. The molecule has 0 saturated heterocycles. The SMILES string of the molecule is O=C1OC(c2ccc(F)cc2)=CC1=Cc1ccccc1. The summed E-state index contributed by atoms with van der Waals surface area (Å²) in [7, 11) is 0. The molecule has 0 saturated carbocycles. The quantitative estimate of drug-likeness (QED) is 0.610. The molecular weight excluding hydrogens is 255 g/mol. The summed E-state index contributed by atoms with van der Waals surface area (Å²) in [4.78, 5) is 11.8. The Morgan fingerprint density at radius 1 is 0.950 bits per heavy atom. The van der Waals surface area contributed by atoms with E-state index in [4.69, 9.17) is 4.74 Å². The highest BCUT2D eigenvalue weighted by Gasteiger charge is 2.21. The molecule has 0 spiro atoms. The maximum absolute atomic E-state index is 12.9. The van der Waals surface area contributed by atoms with Gasteiger partial charge in [0.2, 0.25) is 0 Å². The van der Waals surface area contributed by atoms with E-state index in [1.54, 1.807) is 24.3 Å². The lowest BCUT2D eigenvalue weighted by molar-refractivity contribution is -0.130. The van der Waals surface area contributed by atoms with Gasteiger partial charge in [0.15, 0.2) is 0 Å². The number of halogens is 1. The summed E-state index contributed by atoms with van der Waals surface area (Å²) in [6, 6.07) is 15.4. The van der Waals surface area contributed by atoms with Crippen LogP contribution in [0.3, 0.4) is 0 Å². The number of hydrogen-bond donors (Lipinski definition) is 0. The van der Waals surface area contributed by atoms with Crippen molar-refractivity contribution in [1.82, 2.24) is 0 Å². The molecule has 1 aliphatic rings. The number of cyclic esters (lactones) is 1. The highest BCUT2D eigenvalue weighted by atomic mass is 19.1. The minimum atomic E-state index is -0.395. The summed E-state index contributed by atoms with van der Waals surface area (Å²) in [5.41, 5.74) is 2.09. The van der Waals surface area contributed by atoms with Crippen molar-refractivity contribution in [2.75, 3.05) is 0 Å². The second-order valence-corrected chi connectivity index (χ2v) is 4.42. The van der Waals surface area contributed by atoms with E-state index in [2.05, 4.69) is 0 Å². The predicted octanol–water partition coefficient (Wildman–Crippen LogP) is 3.81. The van der Waals surface area contributed by atoms with E-state index in [9.17, 15) is 9.18 Å². The average molecular weight is 266 g/mol. The van der Waals surface area contributed by atoms with E-state index in [0.29, 0.717) is 16.9 Å². The van der Waals surface area contributed by atoms with Crippen molar-refractivity contribution in [3.05, 3.63) is 83.2 Å². The standard InChI is InChI=1S/C17H11FO2/c18-15-8-6-13(7-9-15)16-11-14(17(19)20-16)10-12-4-2-1-3-5-12/h1-11H. The second-order valence-electron chi connectivity index (χ2n) is 4.42. The molecule has 2 nitrogen and oxygen atoms in total. The Bertz CT molecular complexity index is 698. The van der Waals surface area contributed by atoms with Gasteiger partial charge in [-0.3, -0.25) is 0 Å². The zero-order valence-corrected chi connectivity index (χ0v) is 10.5. The molecule has 1 heterocycles. The molecule has 0 radical (unpaired) electrons. The fourth-order valence-electron chi connectivity index (χ4n) is 1.97. The molecule has 0 bridgehead atoms. The third kappa shape index (κ3) is 2.52. The molecule has 0 amide bonds. The zero-order chi connectivity index (χ0) is 13.9. The topological polar surface area (TPSA) is 26.3 Å². The maximum Gasteiger partial charge on any atom is 0.343 e. The van der Waals surface area contributed by atoms with Crippen molar-refractivity contribution in [3.8, 4) is 0 Å². The molecule has 0 fully saturated rings. The lowest BCUT2D eigenvalue weighted by Gasteiger charge is -2.00. The Morgan fingerprint density at radius 3 is 2.35 bits per heavy atom. The lowest BCUT2D eigenvalue weighted by Crippen LogP contribution is -1.97. The third-order valence-electron chi connectivity index (χ3n) is 2.98. The number of carbonyl (C=O) groups excluding carboxylic acids is 1. The van der Waals surface area contributed by atoms with E-state index in [1.807, 2.05) is 30.3 Å². The highest BCUT2D eigenvalue weighted by Crippen LogP contribution is 2.27. The maximum atomic E-state index is 12.9. The molecule has 20 heavy (non-hydrogen) atoms. The van der Waals surface area contributed by atoms with Gasteiger partial charge in [-0.15, -0.1) is 0 Å². The number of esters is 1. The molecular formula is C17H11FO2. The largest absolute Gasteiger partial charge is 0.422 e. The monoisotopic (exact) mass is 266 g/mol. The fraction of sp³-hybridized carbons (Fsp3) is 0. The first-order valence-corrected chi connectivity index (χ1v) is 6.19. The van der Waals surface area contributed by atoms with Crippen molar-refractivity contribution >= 4 is 17.8 Å². The number of ether oxygens (including phenoxy) is 1. The summed E-state index contributed by atoms with van der Waals surface area (Å²) in [5.74, 6) is -0.274. The molecule has 0 aromatic heterocycles. The van der Waals surface area contributed by atoms with Crippen LogP contribution in [0.25, 0.3) is 11.8 Å². The Balaban J connectivity index is 1.93. The van der Waals surface area contributed by atoms with Crippen LogP contribution < -0.4 is 0 Å². The van der Waals surface area contributed by atoms with Gasteiger partial charge in [0.1, 0.15) is 11.6 Å². The van der Waals surface area contributed by atoms with Crippen LogP contribution in [0.1, 0.15) is 11.1 Å². The number of hydrogen-bond acceptors (Lipinski definition) is 2. The van der Waals surface area contributed by atoms with Gasteiger partial charge in [-0.1, -0.05) is 30.3 Å². The Labute approximate surface area is 115 Å². The van der Waals surface area contributed by atoms with Gasteiger partial charge in [0.25, 0.3) is 0 Å². The molecule has 3 rings (SSSR count). The summed E-state index contributed by atoms with van der Waals surface area (Å²) in [5, 5.41) is 0. The second kappa shape index (κ2) is 5.13. The van der Waals surface area contributed by atoms with Crippen LogP contribution in [-0.2, 0) is 9.53 Å². The summed E-state index contributed by atoms with van der Waals surface area (Å²) < 4.78 is 18.1. The zero-order valence-electron chi connectivity index (χ0n) is 10.5. The van der Waals surface area contributed by atoms with Crippen molar-refractivity contribution in [2.24, 2.45) is 0 Å². The van der Waals surface area contributed by atoms with Crippen LogP contribution in [0.15, 0.2) is 66.2 Å². The molecule has 2 aromatic rings. The molecule has 0 atom stereocenters. The van der Waals surface area contributed by atoms with Gasteiger partial charge in [-0.2, -0.15) is 0 Å². The van der Waals surface area contributed by atoms with Crippen molar-refractivity contribution < 1.29 is 13.9 Å². The molecule has 0 unspecified atom stereocenters. The van der Waals surface area contributed by atoms with Crippen LogP contribution in [0.2, 0.25) is 0 Å². The first-order valence-electron chi connectivity index (χ1n) is 6.19. The molecule has 2 aromatic carbocycles. The van der Waals surface area contributed by atoms with Gasteiger partial charge < -0.3 is 4.74 Å². The van der Waals surface area contributed by atoms with E-state index >= 15 is 0 Å². The molecule has 0 aliphatic carbocycles. The van der Waals surface area contributed by atoms with Crippen LogP contribution >= 0.6 is 0 Å². The van der Waals surface area contributed by atoms with Gasteiger partial charge in [-0.05, 0) is 42.0 Å². The fourth-order valence-corrected chi connectivity index (χ4v) is 1.97. The van der Waals surface area contributed by atoms with Crippen LogP contribution in [0, 0.1) is 5.82 Å². The normalized spacial score (nSPS) is 16.1. The summed E-state index contributed by atoms with van der Waals surface area (Å²) in [6.45, 7) is 0. The third-order valence-corrected chi connectivity index (χ3v) is 2.98. The Hall–Kier alpha value is -2.68. The van der Waals surface area contributed by atoms with Crippen LogP contribution in [-0.4, -0.2) is 5.97 Å². The Morgan fingerprint density at radius 2 is 1.65 bits per heavy atom. The number of rotatable bonds is 2. The molecule has 1 aliphatic heterocycles. The number of carbonyl (C=O) groups is 1.